The van der Waals surface area contributed by atoms with Crippen LogP contribution in [-0.2, 0) is 9.53 Å². The van der Waals surface area contributed by atoms with Gasteiger partial charge in [0.05, 0.1) is 18.6 Å². The Balaban J connectivity index is 2.21. The monoisotopic (exact) mass is 220 g/mol. The van der Waals surface area contributed by atoms with Crippen molar-refractivity contribution in [2.24, 2.45) is 0 Å². The van der Waals surface area contributed by atoms with Crippen LogP contribution in [0.2, 0.25) is 0 Å². The lowest BCUT2D eigenvalue weighted by atomic mass is 10.0. The maximum Gasteiger partial charge on any atom is 0.347 e. The zero-order valence-electron chi connectivity index (χ0n) is 8.93. The minimum absolute atomic E-state index is 0.0514. The average Bonchev–Trinajstić information content (AvgIpc) is 2.29. The number of fused-ring (bicyclic) bond motifs is 1. The molecule has 1 aliphatic rings. The molecule has 16 heavy (non-hydrogen) atoms. The molecular formula is C12H12O4. The summed E-state index contributed by atoms with van der Waals surface area (Å²) in [5, 5.41) is 0. The van der Waals surface area contributed by atoms with Crippen LogP contribution in [0.25, 0.3) is 0 Å². The zero-order chi connectivity index (χ0) is 11.5. The molecule has 0 spiro atoms. The first kappa shape index (κ1) is 10.7. The van der Waals surface area contributed by atoms with E-state index in [9.17, 15) is 9.59 Å². The molecule has 1 aromatic rings. The lowest BCUT2D eigenvalue weighted by Crippen LogP contribution is -2.35. The molecule has 84 valence electrons. The van der Waals surface area contributed by atoms with Gasteiger partial charge in [0.1, 0.15) is 5.75 Å². The second-order valence-electron chi connectivity index (χ2n) is 3.48. The van der Waals surface area contributed by atoms with Crippen LogP contribution in [0, 0.1) is 0 Å². The van der Waals surface area contributed by atoms with Crippen LogP contribution in [0.1, 0.15) is 23.7 Å². The summed E-state index contributed by atoms with van der Waals surface area (Å²) < 4.78 is 10.2. The van der Waals surface area contributed by atoms with E-state index in [0.29, 0.717) is 11.3 Å². The van der Waals surface area contributed by atoms with Gasteiger partial charge in [0, 0.05) is 0 Å². The summed E-state index contributed by atoms with van der Waals surface area (Å²) >= 11 is 0. The summed E-state index contributed by atoms with van der Waals surface area (Å²) in [6.07, 6.45) is -0.752. The van der Waals surface area contributed by atoms with Gasteiger partial charge >= 0.3 is 5.97 Å². The molecule has 0 radical (unpaired) electrons. The summed E-state index contributed by atoms with van der Waals surface area (Å²) in [5.41, 5.74) is 0.531. The Morgan fingerprint density at radius 3 is 3.00 bits per heavy atom. The number of para-hydroxylation sites is 1. The van der Waals surface area contributed by atoms with Crippen molar-refractivity contribution in [2.45, 2.75) is 19.4 Å². The van der Waals surface area contributed by atoms with E-state index in [-0.39, 0.29) is 18.8 Å². The Hall–Kier alpha value is -1.84. The third-order valence-corrected chi connectivity index (χ3v) is 2.38. The summed E-state index contributed by atoms with van der Waals surface area (Å²) in [5.74, 6) is -0.109. The van der Waals surface area contributed by atoms with Crippen molar-refractivity contribution in [3.8, 4) is 5.75 Å². The molecule has 4 nitrogen and oxygen atoms in total. The van der Waals surface area contributed by atoms with E-state index >= 15 is 0 Å². The normalized spacial score (nSPS) is 18.6. The highest BCUT2D eigenvalue weighted by atomic mass is 16.6. The molecule has 1 aliphatic heterocycles. The molecule has 0 saturated carbocycles. The molecule has 4 heteroatoms. The molecule has 0 fully saturated rings. The maximum atomic E-state index is 11.7. The van der Waals surface area contributed by atoms with Crippen LogP contribution in [0.4, 0.5) is 0 Å². The van der Waals surface area contributed by atoms with Crippen molar-refractivity contribution in [1.82, 2.24) is 0 Å². The number of carbonyl (C=O) groups is 2. The first-order chi connectivity index (χ1) is 7.72. The van der Waals surface area contributed by atoms with Crippen molar-refractivity contribution in [3.63, 3.8) is 0 Å². The van der Waals surface area contributed by atoms with Gasteiger partial charge in [-0.1, -0.05) is 12.1 Å². The lowest BCUT2D eigenvalue weighted by Gasteiger charge is -2.23. The first-order valence-corrected chi connectivity index (χ1v) is 5.18. The fourth-order valence-electron chi connectivity index (χ4n) is 1.64. The Kier molecular flexibility index (Phi) is 2.90. The van der Waals surface area contributed by atoms with Gasteiger partial charge in [-0.2, -0.15) is 0 Å². The Morgan fingerprint density at radius 1 is 1.50 bits per heavy atom. The van der Waals surface area contributed by atoms with Gasteiger partial charge in [-0.3, -0.25) is 4.79 Å². The summed E-state index contributed by atoms with van der Waals surface area (Å²) in [6, 6.07) is 6.90. The van der Waals surface area contributed by atoms with Crippen LogP contribution in [0.15, 0.2) is 24.3 Å². The summed E-state index contributed by atoms with van der Waals surface area (Å²) in [4.78, 5) is 23.2. The zero-order valence-corrected chi connectivity index (χ0v) is 8.93. The van der Waals surface area contributed by atoms with Crippen LogP contribution in [0.5, 0.6) is 5.75 Å². The van der Waals surface area contributed by atoms with Gasteiger partial charge in [-0.05, 0) is 19.1 Å². The number of carbonyl (C=O) groups excluding carboxylic acids is 2. The minimum atomic E-state index is -0.803. The van der Waals surface area contributed by atoms with Gasteiger partial charge in [0.2, 0.25) is 6.10 Å². The van der Waals surface area contributed by atoms with Gasteiger partial charge in [-0.25, -0.2) is 4.79 Å². The molecular weight excluding hydrogens is 208 g/mol. The smallest absolute Gasteiger partial charge is 0.347 e. The largest absolute Gasteiger partial charge is 0.477 e. The third kappa shape index (κ3) is 1.91. The van der Waals surface area contributed by atoms with E-state index in [1.165, 1.54) is 0 Å². The number of benzene rings is 1. The van der Waals surface area contributed by atoms with Crippen molar-refractivity contribution in [2.75, 3.05) is 6.61 Å². The van der Waals surface area contributed by atoms with E-state index in [1.54, 1.807) is 31.2 Å². The second-order valence-corrected chi connectivity index (χ2v) is 3.48. The van der Waals surface area contributed by atoms with Crippen LogP contribution < -0.4 is 4.74 Å². The average molecular weight is 220 g/mol. The number of Topliss-reactive ketones (excluding diaryl/α,β-unsaturated/α-hetero) is 1. The Bertz CT molecular complexity index is 425. The van der Waals surface area contributed by atoms with E-state index in [4.69, 9.17) is 9.47 Å². The number of rotatable bonds is 2. The SMILES string of the molecule is CCOC(=O)[C@H]1CC(=O)c2ccccc2O1. The van der Waals surface area contributed by atoms with Crippen molar-refractivity contribution in [1.29, 1.82) is 0 Å². The van der Waals surface area contributed by atoms with Gasteiger partial charge in [0.25, 0.3) is 0 Å². The lowest BCUT2D eigenvalue weighted by molar-refractivity contribution is -0.151. The van der Waals surface area contributed by atoms with Crippen LogP contribution in [-0.4, -0.2) is 24.5 Å². The molecule has 1 heterocycles. The highest BCUT2D eigenvalue weighted by Gasteiger charge is 2.31. The first-order valence-electron chi connectivity index (χ1n) is 5.18. The van der Waals surface area contributed by atoms with Crippen molar-refractivity contribution in [3.05, 3.63) is 29.8 Å². The van der Waals surface area contributed by atoms with Crippen molar-refractivity contribution >= 4 is 11.8 Å². The molecule has 0 N–H and O–H groups in total. The van der Waals surface area contributed by atoms with Gasteiger partial charge < -0.3 is 9.47 Å². The quantitative estimate of drug-likeness (QED) is 0.710. The van der Waals surface area contributed by atoms with E-state index in [0.717, 1.165) is 0 Å². The highest BCUT2D eigenvalue weighted by Crippen LogP contribution is 2.27. The number of hydrogen-bond acceptors (Lipinski definition) is 4. The molecule has 2 rings (SSSR count). The highest BCUT2D eigenvalue weighted by molar-refractivity contribution is 6.02. The molecule has 0 aromatic heterocycles. The van der Waals surface area contributed by atoms with E-state index in [1.807, 2.05) is 0 Å². The number of ketones is 1. The van der Waals surface area contributed by atoms with Crippen LogP contribution in [0.3, 0.4) is 0 Å². The fraction of sp³-hybridized carbons (Fsp3) is 0.333. The predicted molar refractivity (Wildman–Crippen MR) is 56.4 cm³/mol. The number of ether oxygens (including phenoxy) is 2. The van der Waals surface area contributed by atoms with Crippen LogP contribution >= 0.6 is 0 Å². The number of esters is 1. The fourth-order valence-corrected chi connectivity index (χ4v) is 1.64. The Morgan fingerprint density at radius 2 is 2.25 bits per heavy atom. The minimum Gasteiger partial charge on any atom is -0.477 e. The van der Waals surface area contributed by atoms with Gasteiger partial charge in [-0.15, -0.1) is 0 Å². The maximum absolute atomic E-state index is 11.7. The van der Waals surface area contributed by atoms with E-state index < -0.39 is 12.1 Å². The molecule has 0 amide bonds. The molecule has 1 aromatic carbocycles. The third-order valence-electron chi connectivity index (χ3n) is 2.38. The van der Waals surface area contributed by atoms with Gasteiger partial charge in [0.15, 0.2) is 5.78 Å². The molecule has 0 saturated heterocycles. The summed E-state index contributed by atoms with van der Waals surface area (Å²) in [7, 11) is 0. The second kappa shape index (κ2) is 4.35. The summed E-state index contributed by atoms with van der Waals surface area (Å²) in [6.45, 7) is 2.00. The standard InChI is InChI=1S/C12H12O4/c1-2-15-12(14)11-7-9(13)8-5-3-4-6-10(8)16-11/h3-6,11H,2,7H2,1H3/t11-/m1/s1. The van der Waals surface area contributed by atoms with E-state index in [2.05, 4.69) is 0 Å². The predicted octanol–water partition coefficient (Wildman–Crippen LogP) is 1.58. The Labute approximate surface area is 93.2 Å². The molecule has 0 bridgehead atoms. The van der Waals surface area contributed by atoms with Crippen molar-refractivity contribution < 1.29 is 19.1 Å². The molecule has 0 aliphatic carbocycles. The topological polar surface area (TPSA) is 52.6 Å². The molecule has 1 atom stereocenters. The molecule has 0 unspecified atom stereocenters. The number of hydrogen-bond donors (Lipinski definition) is 0.